The molecule has 1 unspecified atom stereocenters. The molecule has 1 saturated heterocycles. The topological polar surface area (TPSA) is 86.8 Å². The van der Waals surface area contributed by atoms with E-state index in [1.165, 1.54) is 0 Å². The van der Waals surface area contributed by atoms with Crippen molar-refractivity contribution in [1.29, 1.82) is 0 Å². The molecule has 1 aliphatic carbocycles. The van der Waals surface area contributed by atoms with Crippen molar-refractivity contribution >= 4 is 12.0 Å². The maximum atomic E-state index is 13.9. The molecule has 0 aromatic heterocycles. The fourth-order valence-electron chi connectivity index (χ4n) is 4.79. The van der Waals surface area contributed by atoms with Crippen molar-refractivity contribution in [2.45, 2.75) is 77.4 Å². The fourth-order valence-corrected chi connectivity index (χ4v) is 4.79. The molecule has 2 fully saturated rings. The van der Waals surface area contributed by atoms with E-state index in [1.807, 2.05) is 81.1 Å². The van der Waals surface area contributed by atoms with Gasteiger partial charge in [-0.25, -0.2) is 4.79 Å². The van der Waals surface area contributed by atoms with Crippen LogP contribution in [0, 0.1) is 0 Å². The lowest BCUT2D eigenvalue weighted by atomic mass is 10.0. The van der Waals surface area contributed by atoms with Gasteiger partial charge in [-0.3, -0.25) is 4.79 Å². The van der Waals surface area contributed by atoms with Gasteiger partial charge in [0.25, 0.3) is 5.91 Å². The van der Waals surface area contributed by atoms with Gasteiger partial charge in [-0.1, -0.05) is 36.4 Å². The van der Waals surface area contributed by atoms with Gasteiger partial charge in [-0.15, -0.1) is 0 Å². The molecular formula is C32H44N2O7. The zero-order valence-electron chi connectivity index (χ0n) is 25.0. The van der Waals surface area contributed by atoms with E-state index in [-0.39, 0.29) is 31.1 Å². The summed E-state index contributed by atoms with van der Waals surface area (Å²) in [5, 5.41) is 0. The van der Waals surface area contributed by atoms with Crippen molar-refractivity contribution < 1.29 is 33.3 Å². The van der Waals surface area contributed by atoms with Crippen LogP contribution >= 0.6 is 0 Å². The lowest BCUT2D eigenvalue weighted by Gasteiger charge is -2.38. The number of methoxy groups -OCH3 is 1. The van der Waals surface area contributed by atoms with Crippen molar-refractivity contribution in [2.24, 2.45) is 0 Å². The van der Waals surface area contributed by atoms with Crippen LogP contribution in [0.5, 0.6) is 11.5 Å². The minimum absolute atomic E-state index is 0.111. The molecule has 0 radical (unpaired) electrons. The van der Waals surface area contributed by atoms with Crippen LogP contribution in [0.25, 0.3) is 0 Å². The number of benzene rings is 2. The van der Waals surface area contributed by atoms with E-state index >= 15 is 0 Å². The molecule has 0 N–H and O–H groups in total. The summed E-state index contributed by atoms with van der Waals surface area (Å²) in [6.45, 7) is 9.87. The number of carbonyl (C=O) groups excluding carboxylic acids is 2. The van der Waals surface area contributed by atoms with Gasteiger partial charge in [-0.05, 0) is 63.8 Å². The van der Waals surface area contributed by atoms with Crippen LogP contribution in [-0.4, -0.2) is 79.6 Å². The van der Waals surface area contributed by atoms with Crippen molar-refractivity contribution in [1.82, 2.24) is 9.80 Å². The summed E-state index contributed by atoms with van der Waals surface area (Å²) in [6, 6.07) is 15.8. The molecule has 2 amide bonds. The van der Waals surface area contributed by atoms with E-state index in [0.717, 1.165) is 30.4 Å². The van der Waals surface area contributed by atoms with E-state index in [2.05, 4.69) is 0 Å². The van der Waals surface area contributed by atoms with Gasteiger partial charge in [0.2, 0.25) is 0 Å². The summed E-state index contributed by atoms with van der Waals surface area (Å²) in [4.78, 5) is 30.0. The predicted molar refractivity (Wildman–Crippen MR) is 155 cm³/mol. The van der Waals surface area contributed by atoms with E-state index in [9.17, 15) is 9.59 Å². The minimum Gasteiger partial charge on any atom is -0.490 e. The molecule has 9 heteroatoms. The van der Waals surface area contributed by atoms with Crippen LogP contribution in [0.2, 0.25) is 0 Å². The maximum absolute atomic E-state index is 13.9. The van der Waals surface area contributed by atoms with Gasteiger partial charge in [0, 0.05) is 32.7 Å². The highest BCUT2D eigenvalue weighted by Gasteiger charge is 2.42. The van der Waals surface area contributed by atoms with Crippen molar-refractivity contribution in [3.63, 3.8) is 0 Å². The monoisotopic (exact) mass is 568 g/mol. The second-order valence-corrected chi connectivity index (χ2v) is 11.6. The molecule has 2 atom stereocenters. The van der Waals surface area contributed by atoms with Gasteiger partial charge in [-0.2, -0.15) is 0 Å². The van der Waals surface area contributed by atoms with Gasteiger partial charge < -0.3 is 33.5 Å². The average Bonchev–Trinajstić information content (AvgIpc) is 3.79. The highest BCUT2D eigenvalue weighted by molar-refractivity contribution is 5.83. The molecule has 1 heterocycles. The standard InChI is InChI=1S/C32H44N2O7/c1-23(34(26-13-14-26)30(35)29-21-33(16-19-39-29)31(36)41-32(2,3)4)25-12-15-27(28(20-25)38-18-9-17-37-5)40-22-24-10-7-6-8-11-24/h6-8,10-12,15,20,23,26,29H,9,13-14,16-19,21-22H2,1-5H3/t23?,29-/m1/s1. The first kappa shape index (κ1) is 30.7. The van der Waals surface area contributed by atoms with Gasteiger partial charge in [0.05, 0.1) is 25.8 Å². The summed E-state index contributed by atoms with van der Waals surface area (Å²) in [5.41, 5.74) is 1.40. The van der Waals surface area contributed by atoms with E-state index in [0.29, 0.717) is 37.9 Å². The number of ether oxygens (including phenoxy) is 5. The normalized spacial score (nSPS) is 18.0. The number of morpholine rings is 1. The van der Waals surface area contributed by atoms with E-state index in [1.54, 1.807) is 12.0 Å². The van der Waals surface area contributed by atoms with Crippen LogP contribution in [0.15, 0.2) is 48.5 Å². The molecule has 1 saturated carbocycles. The van der Waals surface area contributed by atoms with E-state index < -0.39 is 17.8 Å². The lowest BCUT2D eigenvalue weighted by Crippen LogP contribution is -2.54. The smallest absolute Gasteiger partial charge is 0.410 e. The van der Waals surface area contributed by atoms with Crippen molar-refractivity contribution in [3.05, 3.63) is 59.7 Å². The summed E-state index contributed by atoms with van der Waals surface area (Å²) in [5.74, 6) is 1.17. The van der Waals surface area contributed by atoms with Crippen LogP contribution < -0.4 is 9.47 Å². The van der Waals surface area contributed by atoms with Crippen LogP contribution in [0.4, 0.5) is 4.79 Å². The Hall–Kier alpha value is -3.30. The number of hydrogen-bond donors (Lipinski definition) is 0. The van der Waals surface area contributed by atoms with Crippen LogP contribution in [-0.2, 0) is 25.6 Å². The zero-order valence-corrected chi connectivity index (χ0v) is 25.0. The van der Waals surface area contributed by atoms with Gasteiger partial charge in [0.15, 0.2) is 17.6 Å². The molecule has 0 bridgehead atoms. The molecule has 2 aromatic rings. The molecule has 9 nitrogen and oxygen atoms in total. The zero-order chi connectivity index (χ0) is 29.4. The number of rotatable bonds is 12. The molecule has 2 aromatic carbocycles. The SMILES string of the molecule is COCCCOc1cc(C(C)N(C(=O)[C@H]2CN(C(=O)OC(C)(C)C)CCO2)C2CC2)ccc1OCc1ccccc1. The number of amides is 2. The highest BCUT2D eigenvalue weighted by Crippen LogP contribution is 2.38. The Bertz CT molecular complexity index is 1150. The first-order valence-electron chi connectivity index (χ1n) is 14.5. The van der Waals surface area contributed by atoms with E-state index in [4.69, 9.17) is 23.7 Å². The number of hydrogen-bond acceptors (Lipinski definition) is 7. The largest absolute Gasteiger partial charge is 0.490 e. The maximum Gasteiger partial charge on any atom is 0.410 e. The lowest BCUT2D eigenvalue weighted by molar-refractivity contribution is -0.151. The molecule has 2 aliphatic rings. The minimum atomic E-state index is -0.738. The Morgan fingerprint density at radius 3 is 2.49 bits per heavy atom. The molecule has 41 heavy (non-hydrogen) atoms. The fraction of sp³-hybridized carbons (Fsp3) is 0.562. The molecule has 4 rings (SSSR count). The third-order valence-electron chi connectivity index (χ3n) is 7.04. The van der Waals surface area contributed by atoms with Gasteiger partial charge >= 0.3 is 6.09 Å². The molecule has 224 valence electrons. The second kappa shape index (κ2) is 14.0. The second-order valence-electron chi connectivity index (χ2n) is 11.6. The molecule has 1 aliphatic heterocycles. The molecule has 0 spiro atoms. The Kier molecular flexibility index (Phi) is 10.5. The van der Waals surface area contributed by atoms with Crippen molar-refractivity contribution in [3.8, 4) is 11.5 Å². The van der Waals surface area contributed by atoms with Crippen molar-refractivity contribution in [2.75, 3.05) is 40.0 Å². The first-order valence-corrected chi connectivity index (χ1v) is 14.5. The first-order chi connectivity index (χ1) is 19.7. The summed E-state index contributed by atoms with van der Waals surface area (Å²) in [6.07, 6.45) is 1.46. The Balaban J connectivity index is 1.49. The van der Waals surface area contributed by atoms with Crippen LogP contribution in [0.1, 0.15) is 64.1 Å². The number of nitrogens with zero attached hydrogens (tertiary/aromatic N) is 2. The summed E-state index contributed by atoms with van der Waals surface area (Å²) in [7, 11) is 1.67. The predicted octanol–water partition coefficient (Wildman–Crippen LogP) is 5.37. The quantitative estimate of drug-likeness (QED) is 0.318. The van der Waals surface area contributed by atoms with Crippen LogP contribution in [0.3, 0.4) is 0 Å². The Morgan fingerprint density at radius 2 is 1.80 bits per heavy atom. The third-order valence-corrected chi connectivity index (χ3v) is 7.04. The Morgan fingerprint density at radius 1 is 1.05 bits per heavy atom. The number of carbonyl (C=O) groups is 2. The molecular weight excluding hydrogens is 524 g/mol. The highest BCUT2D eigenvalue weighted by atomic mass is 16.6. The summed E-state index contributed by atoms with van der Waals surface area (Å²) < 4.78 is 28.9. The summed E-state index contributed by atoms with van der Waals surface area (Å²) >= 11 is 0. The average molecular weight is 569 g/mol. The third kappa shape index (κ3) is 8.84. The Labute approximate surface area is 243 Å². The van der Waals surface area contributed by atoms with Gasteiger partial charge in [0.1, 0.15) is 12.2 Å².